The molecule has 128 valence electrons. The standard InChI is InChI=1S/C17H27N3O2S/c1-12(2)9-10-14(11-13(3)21)16(22)19-20-17(23)18-15-7-5-4-6-8-15/h4-8,12-14,21H,9-11H2,1-3H3,(H,19,22)(H2,18,20,23)/t13-,14+/m0/s1. The van der Waals surface area contributed by atoms with Gasteiger partial charge in [-0.3, -0.25) is 15.6 Å². The van der Waals surface area contributed by atoms with Crippen molar-refractivity contribution in [2.45, 2.75) is 46.1 Å². The zero-order chi connectivity index (χ0) is 17.2. The second kappa shape index (κ2) is 10.2. The number of hydrogen-bond acceptors (Lipinski definition) is 3. The van der Waals surface area contributed by atoms with Crippen molar-refractivity contribution in [1.82, 2.24) is 10.9 Å². The van der Waals surface area contributed by atoms with E-state index in [9.17, 15) is 9.90 Å². The Morgan fingerprint density at radius 2 is 1.78 bits per heavy atom. The molecule has 0 heterocycles. The van der Waals surface area contributed by atoms with Gasteiger partial charge in [-0.15, -0.1) is 0 Å². The number of benzene rings is 1. The van der Waals surface area contributed by atoms with Crippen LogP contribution in [-0.2, 0) is 4.79 Å². The molecule has 23 heavy (non-hydrogen) atoms. The van der Waals surface area contributed by atoms with Gasteiger partial charge in [0, 0.05) is 11.6 Å². The summed E-state index contributed by atoms with van der Waals surface area (Å²) in [5.74, 6) is 0.140. The highest BCUT2D eigenvalue weighted by atomic mass is 32.1. The fraction of sp³-hybridized carbons (Fsp3) is 0.529. The molecule has 0 aliphatic heterocycles. The number of hydrogen-bond donors (Lipinski definition) is 4. The topological polar surface area (TPSA) is 73.4 Å². The van der Waals surface area contributed by atoms with E-state index in [2.05, 4.69) is 30.0 Å². The van der Waals surface area contributed by atoms with E-state index in [4.69, 9.17) is 12.2 Å². The van der Waals surface area contributed by atoms with Gasteiger partial charge in [-0.05, 0) is 50.0 Å². The minimum Gasteiger partial charge on any atom is -0.393 e. The molecule has 0 aromatic heterocycles. The van der Waals surface area contributed by atoms with E-state index in [1.54, 1.807) is 6.92 Å². The number of thiocarbonyl (C=S) groups is 1. The van der Waals surface area contributed by atoms with Crippen LogP contribution in [0, 0.1) is 11.8 Å². The van der Waals surface area contributed by atoms with Crippen LogP contribution in [0.4, 0.5) is 5.69 Å². The van der Waals surface area contributed by atoms with Gasteiger partial charge in [-0.1, -0.05) is 38.5 Å². The number of para-hydroxylation sites is 1. The highest BCUT2D eigenvalue weighted by Gasteiger charge is 2.20. The van der Waals surface area contributed by atoms with Crippen LogP contribution in [0.3, 0.4) is 0 Å². The first-order chi connectivity index (χ1) is 10.9. The summed E-state index contributed by atoms with van der Waals surface area (Å²) in [6.45, 7) is 5.94. The summed E-state index contributed by atoms with van der Waals surface area (Å²) >= 11 is 5.15. The lowest BCUT2D eigenvalue weighted by Crippen LogP contribution is -2.46. The molecule has 0 bridgehead atoms. The molecule has 6 heteroatoms. The van der Waals surface area contributed by atoms with Crippen molar-refractivity contribution in [1.29, 1.82) is 0 Å². The molecule has 0 spiro atoms. The number of aliphatic hydroxyl groups is 1. The average Bonchev–Trinajstić information content (AvgIpc) is 2.49. The minimum absolute atomic E-state index is 0.149. The molecule has 5 nitrogen and oxygen atoms in total. The number of nitrogens with one attached hydrogen (secondary N) is 3. The van der Waals surface area contributed by atoms with E-state index in [-0.39, 0.29) is 11.8 Å². The molecular formula is C17H27N3O2S. The van der Waals surface area contributed by atoms with Crippen molar-refractivity contribution in [3.05, 3.63) is 30.3 Å². The number of carbonyl (C=O) groups excluding carboxylic acids is 1. The summed E-state index contributed by atoms with van der Waals surface area (Å²) in [6, 6.07) is 9.48. The number of carbonyl (C=O) groups is 1. The third kappa shape index (κ3) is 8.52. The Labute approximate surface area is 143 Å². The van der Waals surface area contributed by atoms with E-state index in [0.29, 0.717) is 17.5 Å². The summed E-state index contributed by atoms with van der Waals surface area (Å²) in [7, 11) is 0. The smallest absolute Gasteiger partial charge is 0.241 e. The predicted molar refractivity (Wildman–Crippen MR) is 97.8 cm³/mol. The van der Waals surface area contributed by atoms with Gasteiger partial charge in [-0.25, -0.2) is 0 Å². The Hall–Kier alpha value is -1.66. The SMILES string of the molecule is CC(C)CC[C@H](C[C@H](C)O)C(=O)NNC(=S)Nc1ccccc1. The third-order valence-electron chi connectivity index (χ3n) is 3.42. The predicted octanol–water partition coefficient (Wildman–Crippen LogP) is 2.83. The molecule has 1 aromatic carbocycles. The van der Waals surface area contributed by atoms with Crippen molar-refractivity contribution in [2.24, 2.45) is 11.8 Å². The van der Waals surface area contributed by atoms with Crippen LogP contribution in [0.25, 0.3) is 0 Å². The molecule has 1 amide bonds. The fourth-order valence-corrected chi connectivity index (χ4v) is 2.38. The molecule has 0 unspecified atom stereocenters. The highest BCUT2D eigenvalue weighted by Crippen LogP contribution is 2.17. The number of anilines is 1. The van der Waals surface area contributed by atoms with Gasteiger partial charge >= 0.3 is 0 Å². The van der Waals surface area contributed by atoms with Crippen LogP contribution in [0.2, 0.25) is 0 Å². The lowest BCUT2D eigenvalue weighted by atomic mass is 9.92. The lowest BCUT2D eigenvalue weighted by molar-refractivity contribution is -0.126. The molecule has 0 saturated heterocycles. The maximum Gasteiger partial charge on any atom is 0.241 e. The maximum absolute atomic E-state index is 12.3. The van der Waals surface area contributed by atoms with Crippen LogP contribution < -0.4 is 16.2 Å². The molecular weight excluding hydrogens is 310 g/mol. The van der Waals surface area contributed by atoms with Crippen molar-refractivity contribution in [2.75, 3.05) is 5.32 Å². The Balaban J connectivity index is 2.45. The van der Waals surface area contributed by atoms with Crippen LogP contribution in [0.5, 0.6) is 0 Å². The second-order valence-corrected chi connectivity index (χ2v) is 6.60. The maximum atomic E-state index is 12.3. The van der Waals surface area contributed by atoms with Gasteiger partial charge in [0.05, 0.1) is 6.10 Å². The van der Waals surface area contributed by atoms with Gasteiger partial charge < -0.3 is 10.4 Å². The number of amides is 1. The normalized spacial score (nSPS) is 13.3. The summed E-state index contributed by atoms with van der Waals surface area (Å²) in [5.41, 5.74) is 6.19. The molecule has 4 N–H and O–H groups in total. The van der Waals surface area contributed by atoms with E-state index >= 15 is 0 Å². The van der Waals surface area contributed by atoms with Crippen LogP contribution >= 0.6 is 12.2 Å². The molecule has 0 aliphatic carbocycles. The number of aliphatic hydroxyl groups excluding tert-OH is 1. The highest BCUT2D eigenvalue weighted by molar-refractivity contribution is 7.80. The summed E-state index contributed by atoms with van der Waals surface area (Å²) in [4.78, 5) is 12.3. The quantitative estimate of drug-likeness (QED) is 0.455. The second-order valence-electron chi connectivity index (χ2n) is 6.19. The molecule has 0 fully saturated rings. The van der Waals surface area contributed by atoms with E-state index in [1.807, 2.05) is 30.3 Å². The molecule has 0 radical (unpaired) electrons. The zero-order valence-electron chi connectivity index (χ0n) is 14.0. The third-order valence-corrected chi connectivity index (χ3v) is 3.62. The van der Waals surface area contributed by atoms with Gasteiger partial charge in [0.25, 0.3) is 0 Å². The van der Waals surface area contributed by atoms with Crippen LogP contribution in [-0.4, -0.2) is 22.2 Å². The lowest BCUT2D eigenvalue weighted by Gasteiger charge is -2.20. The molecule has 1 aromatic rings. The largest absolute Gasteiger partial charge is 0.393 e. The monoisotopic (exact) mass is 337 g/mol. The number of hydrazine groups is 1. The molecule has 2 atom stereocenters. The summed E-state index contributed by atoms with van der Waals surface area (Å²) in [6.07, 6.45) is 1.62. The van der Waals surface area contributed by atoms with Crippen molar-refractivity contribution < 1.29 is 9.90 Å². The van der Waals surface area contributed by atoms with E-state index in [1.165, 1.54) is 0 Å². The summed E-state index contributed by atoms with van der Waals surface area (Å²) < 4.78 is 0. The van der Waals surface area contributed by atoms with Crippen LogP contribution in [0.15, 0.2) is 30.3 Å². The zero-order valence-corrected chi connectivity index (χ0v) is 14.8. The minimum atomic E-state index is -0.507. The molecule has 1 rings (SSSR count). The van der Waals surface area contributed by atoms with E-state index in [0.717, 1.165) is 18.5 Å². The Bertz CT molecular complexity index is 492. The first-order valence-corrected chi connectivity index (χ1v) is 8.39. The van der Waals surface area contributed by atoms with Gasteiger partial charge in [0.2, 0.25) is 5.91 Å². The molecule has 0 saturated carbocycles. The Kier molecular flexibility index (Phi) is 8.58. The van der Waals surface area contributed by atoms with Crippen molar-refractivity contribution in [3.8, 4) is 0 Å². The van der Waals surface area contributed by atoms with Gasteiger partial charge in [-0.2, -0.15) is 0 Å². The number of rotatable bonds is 7. The fourth-order valence-electron chi connectivity index (χ4n) is 2.21. The Morgan fingerprint density at radius 1 is 1.13 bits per heavy atom. The van der Waals surface area contributed by atoms with Gasteiger partial charge in [0.15, 0.2) is 5.11 Å². The first kappa shape index (κ1) is 19.4. The van der Waals surface area contributed by atoms with Crippen molar-refractivity contribution in [3.63, 3.8) is 0 Å². The van der Waals surface area contributed by atoms with Crippen LogP contribution in [0.1, 0.15) is 40.0 Å². The Morgan fingerprint density at radius 3 is 2.35 bits per heavy atom. The first-order valence-electron chi connectivity index (χ1n) is 7.98. The average molecular weight is 337 g/mol. The molecule has 0 aliphatic rings. The van der Waals surface area contributed by atoms with E-state index < -0.39 is 6.10 Å². The van der Waals surface area contributed by atoms with Gasteiger partial charge in [0.1, 0.15) is 0 Å². The summed E-state index contributed by atoms with van der Waals surface area (Å²) in [5, 5.41) is 12.9. The van der Waals surface area contributed by atoms with Crippen molar-refractivity contribution >= 4 is 28.9 Å².